The van der Waals surface area contributed by atoms with Gasteiger partial charge in [-0.25, -0.2) is 4.98 Å². The molecule has 1 aliphatic carbocycles. The van der Waals surface area contributed by atoms with Gasteiger partial charge < -0.3 is 9.67 Å². The summed E-state index contributed by atoms with van der Waals surface area (Å²) in [6.07, 6.45) is 10.4. The first kappa shape index (κ1) is 16.9. The fourth-order valence-corrected chi connectivity index (χ4v) is 4.80. The van der Waals surface area contributed by atoms with Gasteiger partial charge in [0.15, 0.2) is 0 Å². The lowest BCUT2D eigenvalue weighted by atomic mass is 9.81. The molecule has 2 heterocycles. The average molecular weight is 357 g/mol. The van der Waals surface area contributed by atoms with Crippen molar-refractivity contribution in [3.8, 4) is 0 Å². The summed E-state index contributed by atoms with van der Waals surface area (Å²) in [6.45, 7) is 2.15. The molecule has 4 heteroatoms. The van der Waals surface area contributed by atoms with Gasteiger partial charge in [-0.1, -0.05) is 43.0 Å². The van der Waals surface area contributed by atoms with Gasteiger partial charge in [0, 0.05) is 5.02 Å². The van der Waals surface area contributed by atoms with Crippen LogP contribution in [0.1, 0.15) is 62.7 Å². The van der Waals surface area contributed by atoms with Crippen molar-refractivity contribution in [2.45, 2.75) is 57.6 Å². The Balaban J connectivity index is 1.66. The van der Waals surface area contributed by atoms with E-state index in [2.05, 4.69) is 22.5 Å². The highest BCUT2D eigenvalue weighted by Gasteiger charge is 2.33. The van der Waals surface area contributed by atoms with Gasteiger partial charge in [0.25, 0.3) is 0 Å². The summed E-state index contributed by atoms with van der Waals surface area (Å²) in [5, 5.41) is 11.7. The summed E-state index contributed by atoms with van der Waals surface area (Å²) in [5.41, 5.74) is 4.81. The molecule has 1 aliphatic heterocycles. The highest BCUT2D eigenvalue weighted by Crippen LogP contribution is 2.45. The van der Waals surface area contributed by atoms with Crippen LogP contribution in [0.5, 0.6) is 0 Å². The molecule has 25 heavy (non-hydrogen) atoms. The molecule has 0 radical (unpaired) electrons. The molecule has 1 fully saturated rings. The predicted octanol–water partition coefficient (Wildman–Crippen LogP) is 5.35. The number of allylic oxidation sites excluding steroid dienone is 2. The maximum absolute atomic E-state index is 10.9. The third-order valence-electron chi connectivity index (χ3n) is 5.92. The maximum Gasteiger partial charge on any atom is 0.0956 e. The number of aliphatic hydroxyl groups is 1. The maximum atomic E-state index is 10.9. The summed E-state index contributed by atoms with van der Waals surface area (Å²) in [6, 6.07) is 8.18. The van der Waals surface area contributed by atoms with Gasteiger partial charge in [-0.3, -0.25) is 0 Å². The van der Waals surface area contributed by atoms with E-state index in [1.807, 2.05) is 30.7 Å². The van der Waals surface area contributed by atoms with Gasteiger partial charge in [0.1, 0.15) is 0 Å². The molecule has 0 saturated heterocycles. The standard InChI is InChI=1S/C21H25ClN2O/c1-14-19-12-23-13-24(19)18(11-20(25)15-6-3-2-4-7-15)21(14)16-8-5-9-17(22)10-16/h5,8-10,12-13,15,18,20,25H,2-4,6-7,11H2,1H3. The van der Waals surface area contributed by atoms with E-state index in [0.717, 1.165) is 35.5 Å². The van der Waals surface area contributed by atoms with Gasteiger partial charge in [-0.05, 0) is 60.9 Å². The van der Waals surface area contributed by atoms with E-state index in [9.17, 15) is 5.11 Å². The Labute approximate surface area is 154 Å². The first-order valence-corrected chi connectivity index (χ1v) is 9.70. The Bertz CT molecular complexity index is 789. The van der Waals surface area contributed by atoms with Crippen molar-refractivity contribution in [2.24, 2.45) is 5.92 Å². The highest BCUT2D eigenvalue weighted by atomic mass is 35.5. The second-order valence-corrected chi connectivity index (χ2v) is 7.89. The minimum absolute atomic E-state index is 0.132. The lowest BCUT2D eigenvalue weighted by Crippen LogP contribution is -2.26. The van der Waals surface area contributed by atoms with Crippen molar-refractivity contribution in [1.29, 1.82) is 0 Å². The zero-order chi connectivity index (χ0) is 17.4. The largest absolute Gasteiger partial charge is 0.393 e. The molecule has 3 nitrogen and oxygen atoms in total. The molecule has 0 spiro atoms. The Hall–Kier alpha value is -1.58. The van der Waals surface area contributed by atoms with Crippen LogP contribution in [0.3, 0.4) is 0 Å². The number of hydrogen-bond donors (Lipinski definition) is 1. The SMILES string of the molecule is CC1=C(c2cccc(Cl)c2)C(CC(O)C2CCCCC2)n2cncc21. The topological polar surface area (TPSA) is 38.0 Å². The van der Waals surface area contributed by atoms with Crippen LogP contribution in [0, 0.1) is 5.92 Å². The van der Waals surface area contributed by atoms with Crippen molar-refractivity contribution in [1.82, 2.24) is 9.55 Å². The van der Waals surface area contributed by atoms with E-state index in [-0.39, 0.29) is 12.1 Å². The molecule has 2 atom stereocenters. The predicted molar refractivity (Wildman–Crippen MR) is 102 cm³/mol. The number of hydrogen-bond acceptors (Lipinski definition) is 2. The Morgan fingerprint density at radius 3 is 2.84 bits per heavy atom. The molecular weight excluding hydrogens is 332 g/mol. The van der Waals surface area contributed by atoms with E-state index in [0.29, 0.717) is 5.92 Å². The van der Waals surface area contributed by atoms with Crippen LogP contribution in [-0.4, -0.2) is 20.8 Å². The Morgan fingerprint density at radius 1 is 1.28 bits per heavy atom. The van der Waals surface area contributed by atoms with Gasteiger partial charge in [-0.15, -0.1) is 0 Å². The first-order chi connectivity index (χ1) is 12.1. The van der Waals surface area contributed by atoms with Crippen LogP contribution in [0.4, 0.5) is 0 Å². The normalized spacial score (nSPS) is 22.3. The minimum Gasteiger partial charge on any atom is -0.393 e. The number of nitrogens with zero attached hydrogens (tertiary/aromatic N) is 2. The number of imidazole rings is 1. The third-order valence-corrected chi connectivity index (χ3v) is 6.15. The molecule has 0 bridgehead atoms. The zero-order valence-electron chi connectivity index (χ0n) is 14.7. The molecule has 2 aliphatic rings. The van der Waals surface area contributed by atoms with Gasteiger partial charge in [0.2, 0.25) is 0 Å². The molecule has 4 rings (SSSR count). The molecule has 132 valence electrons. The Kier molecular flexibility index (Phi) is 4.70. The summed E-state index contributed by atoms with van der Waals surface area (Å²) >= 11 is 6.24. The van der Waals surface area contributed by atoms with Crippen LogP contribution in [0.25, 0.3) is 11.1 Å². The number of aliphatic hydroxyl groups excluding tert-OH is 1. The van der Waals surface area contributed by atoms with E-state index in [1.54, 1.807) is 0 Å². The molecule has 2 aromatic rings. The second kappa shape index (κ2) is 6.97. The number of aromatic nitrogens is 2. The Morgan fingerprint density at radius 2 is 2.08 bits per heavy atom. The smallest absolute Gasteiger partial charge is 0.0956 e. The highest BCUT2D eigenvalue weighted by molar-refractivity contribution is 6.30. The summed E-state index contributed by atoms with van der Waals surface area (Å²) in [4.78, 5) is 4.33. The summed E-state index contributed by atoms with van der Waals surface area (Å²) in [7, 11) is 0. The van der Waals surface area contributed by atoms with Gasteiger partial charge in [-0.2, -0.15) is 0 Å². The molecule has 1 N–H and O–H groups in total. The van der Waals surface area contributed by atoms with Crippen molar-refractivity contribution < 1.29 is 5.11 Å². The number of rotatable bonds is 4. The van der Waals surface area contributed by atoms with Crippen LogP contribution in [0.2, 0.25) is 5.02 Å². The number of benzene rings is 1. The zero-order valence-corrected chi connectivity index (χ0v) is 15.4. The quantitative estimate of drug-likeness (QED) is 0.801. The van der Waals surface area contributed by atoms with Crippen LogP contribution < -0.4 is 0 Å². The fourth-order valence-electron chi connectivity index (χ4n) is 4.61. The minimum atomic E-state index is -0.263. The average Bonchev–Trinajstić information content (AvgIpc) is 3.19. The van der Waals surface area contributed by atoms with Gasteiger partial charge >= 0.3 is 0 Å². The number of fused-ring (bicyclic) bond motifs is 1. The first-order valence-electron chi connectivity index (χ1n) is 9.32. The fraction of sp³-hybridized carbons (Fsp3) is 0.476. The molecule has 2 unspecified atom stereocenters. The monoisotopic (exact) mass is 356 g/mol. The van der Waals surface area contributed by atoms with Crippen molar-refractivity contribution >= 4 is 22.7 Å². The van der Waals surface area contributed by atoms with Gasteiger partial charge in [0.05, 0.1) is 30.4 Å². The third kappa shape index (κ3) is 3.16. The van der Waals surface area contributed by atoms with Crippen LogP contribution >= 0.6 is 11.6 Å². The number of halogens is 1. The van der Waals surface area contributed by atoms with Crippen LogP contribution in [-0.2, 0) is 0 Å². The lowest BCUT2D eigenvalue weighted by Gasteiger charge is -2.29. The van der Waals surface area contributed by atoms with Crippen molar-refractivity contribution in [3.05, 3.63) is 53.1 Å². The molecule has 1 aromatic carbocycles. The van der Waals surface area contributed by atoms with E-state index in [4.69, 9.17) is 11.6 Å². The molecule has 1 saturated carbocycles. The lowest BCUT2D eigenvalue weighted by molar-refractivity contribution is 0.0699. The van der Waals surface area contributed by atoms with Crippen molar-refractivity contribution in [3.63, 3.8) is 0 Å². The molecule has 1 aromatic heterocycles. The van der Waals surface area contributed by atoms with Crippen LogP contribution in [0.15, 0.2) is 36.8 Å². The second-order valence-electron chi connectivity index (χ2n) is 7.45. The molecular formula is C21H25ClN2O. The summed E-state index contributed by atoms with van der Waals surface area (Å²) < 4.78 is 2.22. The van der Waals surface area contributed by atoms with E-state index in [1.165, 1.54) is 30.4 Å². The summed E-state index contributed by atoms with van der Waals surface area (Å²) in [5.74, 6) is 0.433. The van der Waals surface area contributed by atoms with Crippen molar-refractivity contribution in [2.75, 3.05) is 0 Å². The van der Waals surface area contributed by atoms with E-state index >= 15 is 0 Å². The van der Waals surface area contributed by atoms with E-state index < -0.39 is 0 Å². The molecule has 0 amide bonds.